The van der Waals surface area contributed by atoms with Crippen molar-refractivity contribution in [2.24, 2.45) is 0 Å². The smallest absolute Gasteiger partial charge is 0.150 e. The highest BCUT2D eigenvalue weighted by Crippen LogP contribution is 2.20. The van der Waals surface area contributed by atoms with Crippen LogP contribution in [-0.4, -0.2) is 49.0 Å². The first-order valence-corrected chi connectivity index (χ1v) is 18.8. The molecule has 49 heavy (non-hydrogen) atoms. The van der Waals surface area contributed by atoms with Gasteiger partial charge in [0, 0.05) is 17.6 Å². The van der Waals surface area contributed by atoms with Crippen LogP contribution in [0.15, 0.2) is 71.8 Å². The first-order valence-electron chi connectivity index (χ1n) is 18.3. The van der Waals surface area contributed by atoms with E-state index in [2.05, 4.69) is 56.9 Å². The minimum atomic E-state index is 0.242. The van der Waals surface area contributed by atoms with Crippen LogP contribution in [0, 0.1) is 0 Å². The van der Waals surface area contributed by atoms with E-state index in [1.807, 2.05) is 75.2 Å². The Labute approximate surface area is 309 Å². The molecule has 2 aromatic carbocycles. The monoisotopic (exact) mass is 708 g/mol. The van der Waals surface area contributed by atoms with E-state index < -0.39 is 0 Å². The number of carbonyl (C=O) groups excluding carboxylic acids is 3. The van der Waals surface area contributed by atoms with Gasteiger partial charge in [0.25, 0.3) is 0 Å². The van der Waals surface area contributed by atoms with Gasteiger partial charge in [-0.1, -0.05) is 161 Å². The number of aldehydes is 2. The fraction of sp³-hybridized carbons (Fsp3) is 0.558. The Morgan fingerprint density at radius 1 is 0.755 bits per heavy atom. The van der Waals surface area contributed by atoms with Crippen molar-refractivity contribution in [3.05, 3.63) is 77.4 Å². The van der Waals surface area contributed by atoms with Crippen molar-refractivity contribution in [1.82, 2.24) is 4.90 Å². The van der Waals surface area contributed by atoms with Gasteiger partial charge in [-0.25, -0.2) is 0 Å². The summed E-state index contributed by atoms with van der Waals surface area (Å²) in [6.07, 6.45) is 19.6. The summed E-state index contributed by atoms with van der Waals surface area (Å²) < 4.78 is 0. The normalized spacial score (nSPS) is 10.5. The molecule has 0 aliphatic carbocycles. The lowest BCUT2D eigenvalue weighted by Crippen LogP contribution is -2.29. The number of phenols is 1. The number of piperidine rings is 1. The number of likely N-dealkylation sites (tertiary alicyclic amines) is 1. The number of benzene rings is 2. The molecule has 1 saturated heterocycles. The fourth-order valence-electron chi connectivity index (χ4n) is 2.87. The van der Waals surface area contributed by atoms with Crippen LogP contribution in [0.2, 0.25) is 0 Å². The van der Waals surface area contributed by atoms with Crippen LogP contribution in [0.3, 0.4) is 0 Å². The topological polar surface area (TPSA) is 74.7 Å². The lowest BCUT2D eigenvalue weighted by Gasteiger charge is -2.24. The molecule has 0 saturated carbocycles. The van der Waals surface area contributed by atoms with Gasteiger partial charge in [0.1, 0.15) is 25.1 Å². The molecule has 0 unspecified atom stereocenters. The SMILES string of the molecule is C/C=C/C=C/CN1CCCCC1.C=O.CC.CC.CC.CC(C)=CCl.CC=O.CCCC.CCCC.O=Cc1ccc2cc(O)ccc2c1. The van der Waals surface area contributed by atoms with E-state index in [1.165, 1.54) is 65.0 Å². The van der Waals surface area contributed by atoms with Crippen LogP contribution in [-0.2, 0) is 9.59 Å². The summed E-state index contributed by atoms with van der Waals surface area (Å²) in [4.78, 5) is 29.8. The molecular weight excluding hydrogens is 630 g/mol. The van der Waals surface area contributed by atoms with Crippen LogP contribution in [0.4, 0.5) is 0 Å². The van der Waals surface area contributed by atoms with Crippen molar-refractivity contribution >= 4 is 41.7 Å². The summed E-state index contributed by atoms with van der Waals surface area (Å²) in [7, 11) is 0. The summed E-state index contributed by atoms with van der Waals surface area (Å²) in [5.74, 6) is 0.242. The van der Waals surface area contributed by atoms with Gasteiger partial charge in [-0.15, -0.1) is 0 Å². The number of unbranched alkanes of at least 4 members (excludes halogenated alkanes) is 2. The zero-order valence-electron chi connectivity index (χ0n) is 34.3. The second-order valence-electron chi connectivity index (χ2n) is 9.65. The van der Waals surface area contributed by atoms with Crippen molar-refractivity contribution in [3.8, 4) is 5.75 Å². The Morgan fingerprint density at radius 2 is 1.16 bits per heavy atom. The molecule has 1 fully saturated rings. The van der Waals surface area contributed by atoms with E-state index >= 15 is 0 Å². The Balaban J connectivity index is -0.0000000895. The average Bonchev–Trinajstić information content (AvgIpc) is 3.17. The molecule has 6 heteroatoms. The molecular formula is C43H78ClNO4. The lowest BCUT2D eigenvalue weighted by atomic mass is 10.1. The van der Waals surface area contributed by atoms with E-state index in [1.54, 1.807) is 35.9 Å². The van der Waals surface area contributed by atoms with Crippen LogP contribution < -0.4 is 0 Å². The maximum absolute atomic E-state index is 10.5. The number of halogens is 1. The van der Waals surface area contributed by atoms with E-state index in [0.717, 1.165) is 35.5 Å². The number of fused-ring (bicyclic) bond motifs is 1. The number of phenolic OH excluding ortho intramolecular Hbond substituents is 1. The second kappa shape index (κ2) is 60.3. The quantitative estimate of drug-likeness (QED) is 0.239. The molecule has 0 spiro atoms. The number of allylic oxidation sites excluding steroid dienone is 4. The van der Waals surface area contributed by atoms with Gasteiger partial charge in [0.2, 0.25) is 0 Å². The van der Waals surface area contributed by atoms with Gasteiger partial charge in [-0.05, 0) is 82.6 Å². The molecule has 1 N–H and O–H groups in total. The standard InChI is InChI=1S/C11H19N.C11H8O2.C4H7Cl.2C4H10.C2H4O.3C2H6.CH2O/c1-2-3-4-6-9-12-10-7-5-8-11-12;12-7-8-1-2-10-6-11(13)4-3-9(10)5-8;1-4(2)3-5;2*1-3-4-2;1-2-3;4*1-2/h2-4,6H,5,7-11H2,1H3;1-7,13H;3H,1-2H3;2*3-4H2,1-2H3;2H,1H3;3*1-2H3;1H2/b3-2+,6-4+;;;;;;;;;. The maximum atomic E-state index is 10.5. The van der Waals surface area contributed by atoms with E-state index in [-0.39, 0.29) is 5.75 Å². The highest BCUT2D eigenvalue weighted by Gasteiger charge is 2.06. The third-order valence-corrected chi connectivity index (χ3v) is 5.89. The van der Waals surface area contributed by atoms with Crippen LogP contribution in [0.5, 0.6) is 5.75 Å². The van der Waals surface area contributed by atoms with Gasteiger partial charge < -0.3 is 14.7 Å². The summed E-state index contributed by atoms with van der Waals surface area (Å²) in [5.41, 5.74) is 3.35. The third-order valence-electron chi connectivity index (χ3n) is 5.45. The molecule has 5 nitrogen and oxygen atoms in total. The summed E-state index contributed by atoms with van der Waals surface area (Å²) in [6.45, 7) is 33.8. The molecule has 0 aromatic heterocycles. The molecule has 1 aliphatic heterocycles. The van der Waals surface area contributed by atoms with Gasteiger partial charge in [-0.2, -0.15) is 0 Å². The van der Waals surface area contributed by atoms with Crippen molar-refractivity contribution < 1.29 is 19.5 Å². The van der Waals surface area contributed by atoms with Crippen molar-refractivity contribution in [2.45, 2.75) is 142 Å². The predicted molar refractivity (Wildman–Crippen MR) is 225 cm³/mol. The number of rotatable bonds is 6. The first-order chi connectivity index (χ1) is 23.7. The molecule has 1 aliphatic rings. The number of hydrogen-bond donors (Lipinski definition) is 1. The number of carbonyl (C=O) groups is 3. The first kappa shape index (κ1) is 61.2. The molecule has 0 radical (unpaired) electrons. The lowest BCUT2D eigenvalue weighted by molar-refractivity contribution is -0.106. The minimum absolute atomic E-state index is 0.242. The highest BCUT2D eigenvalue weighted by molar-refractivity contribution is 6.25. The van der Waals surface area contributed by atoms with Gasteiger partial charge in [0.15, 0.2) is 0 Å². The third kappa shape index (κ3) is 54.7. The summed E-state index contributed by atoms with van der Waals surface area (Å²) in [6, 6.07) is 10.4. The zero-order valence-corrected chi connectivity index (χ0v) is 35.0. The summed E-state index contributed by atoms with van der Waals surface area (Å²) >= 11 is 5.17. The van der Waals surface area contributed by atoms with Gasteiger partial charge in [0.05, 0.1) is 0 Å². The number of hydrogen-bond acceptors (Lipinski definition) is 5. The van der Waals surface area contributed by atoms with Crippen LogP contribution in [0.1, 0.15) is 152 Å². The van der Waals surface area contributed by atoms with Crippen LogP contribution >= 0.6 is 11.6 Å². The Bertz CT molecular complexity index is 969. The Morgan fingerprint density at radius 3 is 1.53 bits per heavy atom. The van der Waals surface area contributed by atoms with Gasteiger partial charge in [-0.3, -0.25) is 9.69 Å². The fourth-order valence-corrected chi connectivity index (χ4v) is 2.87. The van der Waals surface area contributed by atoms with Gasteiger partial charge >= 0.3 is 0 Å². The second-order valence-corrected chi connectivity index (χ2v) is 9.86. The maximum Gasteiger partial charge on any atom is 0.150 e. The number of aromatic hydroxyl groups is 1. The minimum Gasteiger partial charge on any atom is -0.508 e. The Hall–Kier alpha value is -3.02. The van der Waals surface area contributed by atoms with Crippen LogP contribution in [0.25, 0.3) is 10.8 Å². The molecule has 0 atom stereocenters. The van der Waals surface area contributed by atoms with E-state index in [4.69, 9.17) is 21.2 Å². The zero-order chi connectivity index (χ0) is 39.7. The molecule has 286 valence electrons. The molecule has 1 heterocycles. The average molecular weight is 709 g/mol. The van der Waals surface area contributed by atoms with Crippen molar-refractivity contribution in [1.29, 1.82) is 0 Å². The highest BCUT2D eigenvalue weighted by atomic mass is 35.5. The summed E-state index contributed by atoms with van der Waals surface area (Å²) in [5, 5.41) is 11.1. The number of nitrogens with zero attached hydrogens (tertiary/aromatic N) is 1. The molecule has 3 rings (SSSR count). The predicted octanol–water partition coefficient (Wildman–Crippen LogP) is 13.8. The van der Waals surface area contributed by atoms with Crippen molar-refractivity contribution in [2.75, 3.05) is 19.6 Å². The van der Waals surface area contributed by atoms with E-state index in [9.17, 15) is 9.90 Å². The van der Waals surface area contributed by atoms with Crippen molar-refractivity contribution in [3.63, 3.8) is 0 Å². The Kier molecular flexibility index (Phi) is 75.4. The molecule has 2 aromatic rings. The molecule has 0 bridgehead atoms. The van der Waals surface area contributed by atoms with E-state index in [0.29, 0.717) is 5.56 Å². The largest absolute Gasteiger partial charge is 0.508 e. The molecule has 0 amide bonds.